The molecule has 104 valence electrons. The molecule has 1 amide bonds. The molecule has 1 fully saturated rings. The van der Waals surface area contributed by atoms with Crippen molar-refractivity contribution in [3.05, 3.63) is 23.8 Å². The zero-order valence-corrected chi connectivity index (χ0v) is 11.6. The summed E-state index contributed by atoms with van der Waals surface area (Å²) in [5.41, 5.74) is 6.81. The van der Waals surface area contributed by atoms with Crippen LogP contribution in [0.4, 0.5) is 5.69 Å². The highest BCUT2D eigenvalue weighted by atomic mass is 16.5. The third kappa shape index (κ3) is 2.98. The number of anilines is 1. The van der Waals surface area contributed by atoms with Crippen LogP contribution in [0.15, 0.2) is 18.2 Å². The highest BCUT2D eigenvalue weighted by molar-refractivity contribution is 5.98. The number of benzene rings is 1. The number of morpholine rings is 1. The molecule has 19 heavy (non-hydrogen) atoms. The molecular weight excluding hydrogens is 244 g/mol. The molecule has 0 spiro atoms. The van der Waals surface area contributed by atoms with Crippen LogP contribution < -0.4 is 10.5 Å². The van der Waals surface area contributed by atoms with Crippen molar-refractivity contribution in [3.63, 3.8) is 0 Å². The second-order valence-corrected chi connectivity index (χ2v) is 4.93. The zero-order chi connectivity index (χ0) is 14.0. The minimum absolute atomic E-state index is 0.0414. The van der Waals surface area contributed by atoms with Crippen LogP contribution in [0.25, 0.3) is 0 Å². The first-order valence-electron chi connectivity index (χ1n) is 6.39. The maximum absolute atomic E-state index is 12.6. The second kappa shape index (κ2) is 5.48. The van der Waals surface area contributed by atoms with E-state index in [4.69, 9.17) is 15.2 Å². The summed E-state index contributed by atoms with van der Waals surface area (Å²) in [6.07, 6.45) is 0.0829. The van der Waals surface area contributed by atoms with E-state index in [1.165, 1.54) is 0 Å². The van der Waals surface area contributed by atoms with Crippen LogP contribution in [-0.4, -0.2) is 43.2 Å². The van der Waals surface area contributed by atoms with Crippen LogP contribution >= 0.6 is 0 Å². The molecule has 2 N–H and O–H groups in total. The van der Waals surface area contributed by atoms with E-state index in [1.54, 1.807) is 30.2 Å². The number of nitrogens with zero attached hydrogens (tertiary/aromatic N) is 1. The van der Waals surface area contributed by atoms with Crippen molar-refractivity contribution < 1.29 is 14.3 Å². The Labute approximate surface area is 113 Å². The van der Waals surface area contributed by atoms with E-state index < -0.39 is 0 Å². The molecule has 2 atom stereocenters. The Morgan fingerprint density at radius 2 is 2.00 bits per heavy atom. The third-order valence-corrected chi connectivity index (χ3v) is 3.16. The molecule has 1 aromatic carbocycles. The van der Waals surface area contributed by atoms with E-state index in [-0.39, 0.29) is 18.1 Å². The Morgan fingerprint density at radius 3 is 2.58 bits per heavy atom. The van der Waals surface area contributed by atoms with Gasteiger partial charge in [0.15, 0.2) is 0 Å². The van der Waals surface area contributed by atoms with Gasteiger partial charge in [-0.05, 0) is 32.0 Å². The lowest BCUT2D eigenvalue weighted by atomic mass is 10.1. The highest BCUT2D eigenvalue weighted by Crippen LogP contribution is 2.24. The van der Waals surface area contributed by atoms with Crippen molar-refractivity contribution in [2.24, 2.45) is 0 Å². The lowest BCUT2D eigenvalue weighted by Gasteiger charge is -2.35. The normalized spacial score (nSPS) is 23.2. The molecule has 0 bridgehead atoms. The standard InChI is InChI=1S/C14H20N2O3/c1-9-7-16(8-10(2)19-9)14(17)12-6-11(15)4-5-13(12)18-3/h4-6,9-10H,7-8,15H2,1-3H3/t9-,10+. The topological polar surface area (TPSA) is 64.8 Å². The first-order chi connectivity index (χ1) is 9.01. The lowest BCUT2D eigenvalue weighted by molar-refractivity contribution is -0.0586. The monoisotopic (exact) mass is 264 g/mol. The third-order valence-electron chi connectivity index (χ3n) is 3.16. The maximum Gasteiger partial charge on any atom is 0.257 e. The minimum Gasteiger partial charge on any atom is -0.496 e. The van der Waals surface area contributed by atoms with Gasteiger partial charge in [0, 0.05) is 18.8 Å². The number of carbonyl (C=O) groups excluding carboxylic acids is 1. The van der Waals surface area contributed by atoms with Crippen molar-refractivity contribution in [2.75, 3.05) is 25.9 Å². The van der Waals surface area contributed by atoms with Crippen LogP contribution in [0, 0.1) is 0 Å². The van der Waals surface area contributed by atoms with Crippen molar-refractivity contribution in [2.45, 2.75) is 26.1 Å². The molecule has 1 aliphatic heterocycles. The van der Waals surface area contributed by atoms with Crippen molar-refractivity contribution in [1.29, 1.82) is 0 Å². The Bertz CT molecular complexity index is 466. The molecule has 0 aromatic heterocycles. The smallest absolute Gasteiger partial charge is 0.257 e. The number of rotatable bonds is 2. The highest BCUT2D eigenvalue weighted by Gasteiger charge is 2.28. The predicted molar refractivity (Wildman–Crippen MR) is 73.3 cm³/mol. The van der Waals surface area contributed by atoms with Crippen LogP contribution in [-0.2, 0) is 4.74 Å². The number of nitrogen functional groups attached to an aromatic ring is 1. The zero-order valence-electron chi connectivity index (χ0n) is 11.6. The van der Waals surface area contributed by atoms with Crippen LogP contribution in [0.3, 0.4) is 0 Å². The fourth-order valence-corrected chi connectivity index (χ4v) is 2.41. The molecule has 5 heteroatoms. The number of hydrogen-bond acceptors (Lipinski definition) is 4. The summed E-state index contributed by atoms with van der Waals surface area (Å²) in [5, 5.41) is 0. The van der Waals surface area contributed by atoms with Gasteiger partial charge in [0.05, 0.1) is 24.9 Å². The molecule has 0 unspecified atom stereocenters. The van der Waals surface area contributed by atoms with Crippen LogP contribution in [0.1, 0.15) is 24.2 Å². The first-order valence-corrected chi connectivity index (χ1v) is 6.39. The fraction of sp³-hybridized carbons (Fsp3) is 0.500. The SMILES string of the molecule is COc1ccc(N)cc1C(=O)N1C[C@@H](C)O[C@@H](C)C1. The van der Waals surface area contributed by atoms with Gasteiger partial charge < -0.3 is 20.1 Å². The summed E-state index contributed by atoms with van der Waals surface area (Å²) in [5.74, 6) is 0.483. The molecule has 1 aromatic rings. The van der Waals surface area contributed by atoms with E-state index in [0.717, 1.165) is 0 Å². The molecule has 0 radical (unpaired) electrons. The molecule has 2 rings (SSSR count). The van der Waals surface area contributed by atoms with E-state index in [9.17, 15) is 4.79 Å². The summed E-state index contributed by atoms with van der Waals surface area (Å²) in [7, 11) is 1.55. The largest absolute Gasteiger partial charge is 0.496 e. The molecular formula is C14H20N2O3. The lowest BCUT2D eigenvalue weighted by Crippen LogP contribution is -2.48. The summed E-state index contributed by atoms with van der Waals surface area (Å²) >= 11 is 0. The number of ether oxygens (including phenoxy) is 2. The van der Waals surface area contributed by atoms with Gasteiger partial charge in [0.1, 0.15) is 5.75 Å². The van der Waals surface area contributed by atoms with E-state index in [1.807, 2.05) is 13.8 Å². The van der Waals surface area contributed by atoms with Gasteiger partial charge in [-0.25, -0.2) is 0 Å². The fourth-order valence-electron chi connectivity index (χ4n) is 2.41. The van der Waals surface area contributed by atoms with Gasteiger partial charge in [0.25, 0.3) is 5.91 Å². The summed E-state index contributed by atoms with van der Waals surface area (Å²) in [6, 6.07) is 5.10. The van der Waals surface area contributed by atoms with Crippen LogP contribution in [0.2, 0.25) is 0 Å². The number of carbonyl (C=O) groups is 1. The Hall–Kier alpha value is -1.75. The second-order valence-electron chi connectivity index (χ2n) is 4.93. The van der Waals surface area contributed by atoms with Crippen molar-refractivity contribution >= 4 is 11.6 Å². The molecule has 0 saturated carbocycles. The number of hydrogen-bond donors (Lipinski definition) is 1. The molecule has 1 heterocycles. The number of methoxy groups -OCH3 is 1. The van der Waals surface area contributed by atoms with Gasteiger partial charge >= 0.3 is 0 Å². The Balaban J connectivity index is 2.26. The van der Waals surface area contributed by atoms with Crippen molar-refractivity contribution in [1.82, 2.24) is 4.90 Å². The average molecular weight is 264 g/mol. The summed E-state index contributed by atoms with van der Waals surface area (Å²) in [6.45, 7) is 5.10. The first kappa shape index (κ1) is 13.7. The van der Waals surface area contributed by atoms with Crippen molar-refractivity contribution in [3.8, 4) is 5.75 Å². The molecule has 1 aliphatic rings. The van der Waals surface area contributed by atoms with E-state index in [0.29, 0.717) is 30.1 Å². The molecule has 5 nitrogen and oxygen atoms in total. The Morgan fingerprint density at radius 1 is 1.37 bits per heavy atom. The number of amides is 1. The predicted octanol–water partition coefficient (Wildman–Crippen LogP) is 1.53. The van der Waals surface area contributed by atoms with Gasteiger partial charge in [-0.2, -0.15) is 0 Å². The molecule has 1 saturated heterocycles. The van der Waals surface area contributed by atoms with Crippen LogP contribution in [0.5, 0.6) is 5.75 Å². The van der Waals surface area contributed by atoms with Gasteiger partial charge in [0.2, 0.25) is 0 Å². The minimum atomic E-state index is -0.0637. The van der Waals surface area contributed by atoms with Gasteiger partial charge in [-0.1, -0.05) is 0 Å². The van der Waals surface area contributed by atoms with E-state index >= 15 is 0 Å². The average Bonchev–Trinajstić information content (AvgIpc) is 2.36. The molecule has 0 aliphatic carbocycles. The number of nitrogens with two attached hydrogens (primary N) is 1. The van der Waals surface area contributed by atoms with E-state index in [2.05, 4.69) is 0 Å². The van der Waals surface area contributed by atoms with Gasteiger partial charge in [-0.15, -0.1) is 0 Å². The Kier molecular flexibility index (Phi) is 3.95. The quantitative estimate of drug-likeness (QED) is 0.823. The van der Waals surface area contributed by atoms with Gasteiger partial charge in [-0.3, -0.25) is 4.79 Å². The summed E-state index contributed by atoms with van der Waals surface area (Å²) < 4.78 is 10.9. The maximum atomic E-state index is 12.6. The summed E-state index contributed by atoms with van der Waals surface area (Å²) in [4.78, 5) is 14.3.